The number of rotatable bonds is 6. The lowest BCUT2D eigenvalue weighted by molar-refractivity contribution is -0.710. The summed E-state index contributed by atoms with van der Waals surface area (Å²) in [5.41, 5.74) is 1.31. The zero-order valence-electron chi connectivity index (χ0n) is 11.6. The van der Waals surface area contributed by atoms with Crippen molar-refractivity contribution in [3.05, 3.63) is 30.1 Å². The molecule has 18 heavy (non-hydrogen) atoms. The molecule has 1 atom stereocenters. The molecule has 0 aromatic carbocycles. The summed E-state index contributed by atoms with van der Waals surface area (Å²) in [7, 11) is 2.31. The Morgan fingerprint density at radius 3 is 2.17 bits per heavy atom. The number of aryl methyl sites for hydroxylation is 1. The molecule has 0 radical (unpaired) electrons. The first-order valence-electron chi connectivity index (χ1n) is 5.76. The Bertz CT molecular complexity index is 353. The first-order chi connectivity index (χ1) is 8.13. The van der Waals surface area contributed by atoms with E-state index in [1.165, 1.54) is 5.56 Å². The van der Waals surface area contributed by atoms with Gasteiger partial charge in [-0.2, -0.15) is 4.57 Å². The third-order valence-electron chi connectivity index (χ3n) is 2.98. The average Bonchev–Trinajstić information content (AvgIpc) is 2.36. The van der Waals surface area contributed by atoms with E-state index >= 15 is 0 Å². The van der Waals surface area contributed by atoms with Crippen molar-refractivity contribution in [2.75, 3.05) is 21.3 Å². The van der Waals surface area contributed by atoms with Crippen LogP contribution in [0.4, 0.5) is 0 Å². The van der Waals surface area contributed by atoms with Crippen molar-refractivity contribution in [3.8, 4) is 0 Å². The van der Waals surface area contributed by atoms with Gasteiger partial charge in [-0.1, -0.05) is 6.92 Å². The van der Waals surface area contributed by atoms with Crippen molar-refractivity contribution in [2.24, 2.45) is 0 Å². The summed E-state index contributed by atoms with van der Waals surface area (Å²) in [6.45, 7) is 4.18. The van der Waals surface area contributed by atoms with Crippen LogP contribution in [0.3, 0.4) is 0 Å². The maximum absolute atomic E-state index is 5.56. The second kappa shape index (κ2) is 7.86. The Kier molecular flexibility index (Phi) is 7.66. The third-order valence-corrected chi connectivity index (χ3v) is 6.21. The van der Waals surface area contributed by atoms with Gasteiger partial charge in [-0.05, 0) is 13.0 Å². The fraction of sp³-hybridized carbons (Fsp3) is 0.583. The van der Waals surface area contributed by atoms with Crippen LogP contribution in [0, 0.1) is 6.92 Å². The molecule has 0 N–H and O–H groups in total. The Balaban J connectivity index is 0.00000289. The summed E-state index contributed by atoms with van der Waals surface area (Å²) < 4.78 is 18.8. The summed E-state index contributed by atoms with van der Waals surface area (Å²) in [6.07, 6.45) is 5.02. The molecule has 1 unspecified atom stereocenters. The molecule has 0 amide bonds. The lowest BCUT2D eigenvalue weighted by Gasteiger charge is -2.27. The highest BCUT2D eigenvalue weighted by Gasteiger charge is 2.53. The first kappa shape index (κ1) is 17.5. The number of aromatic nitrogens is 1. The highest BCUT2D eigenvalue weighted by Crippen LogP contribution is 2.21. The van der Waals surface area contributed by atoms with Gasteiger partial charge < -0.3 is 25.7 Å². The number of nitrogens with zero attached hydrogens (tertiary/aromatic N) is 1. The molecule has 0 saturated heterocycles. The molecule has 1 aromatic heterocycles. The summed E-state index contributed by atoms with van der Waals surface area (Å²) in [6, 6.07) is 4.09. The van der Waals surface area contributed by atoms with E-state index in [9.17, 15) is 0 Å². The van der Waals surface area contributed by atoms with Crippen molar-refractivity contribution in [2.45, 2.75) is 25.9 Å². The topological polar surface area (TPSA) is 31.6 Å². The van der Waals surface area contributed by atoms with Gasteiger partial charge in [-0.25, -0.2) is 0 Å². The zero-order valence-corrected chi connectivity index (χ0v) is 13.4. The van der Waals surface area contributed by atoms with E-state index in [1.807, 2.05) is 12.3 Å². The van der Waals surface area contributed by atoms with Crippen molar-refractivity contribution < 1.29 is 30.3 Å². The third kappa shape index (κ3) is 3.52. The molecule has 0 aliphatic heterocycles. The minimum atomic E-state index is -2.65. The largest absolute Gasteiger partial charge is 1.00 e. The van der Waals surface area contributed by atoms with Gasteiger partial charge >= 0.3 is 8.80 Å². The molecule has 0 aliphatic carbocycles. The normalized spacial score (nSPS) is 12.9. The zero-order chi connectivity index (χ0) is 12.9. The van der Waals surface area contributed by atoms with Crippen LogP contribution < -0.4 is 17.0 Å². The average molecular weight is 292 g/mol. The highest BCUT2D eigenvalue weighted by atomic mass is 35.5. The van der Waals surface area contributed by atoms with Crippen molar-refractivity contribution in [1.29, 1.82) is 0 Å². The van der Waals surface area contributed by atoms with E-state index in [-0.39, 0.29) is 18.1 Å². The fourth-order valence-electron chi connectivity index (χ4n) is 2.11. The Morgan fingerprint density at radius 1 is 1.22 bits per heavy atom. The predicted octanol–water partition coefficient (Wildman–Crippen LogP) is -1.35. The van der Waals surface area contributed by atoms with Gasteiger partial charge in [0.25, 0.3) is 0 Å². The number of hydrogen-bond donors (Lipinski definition) is 0. The second-order valence-corrected chi connectivity index (χ2v) is 7.07. The van der Waals surface area contributed by atoms with Crippen LogP contribution in [0.2, 0.25) is 0 Å². The minimum Gasteiger partial charge on any atom is -1.00 e. The molecule has 1 heterocycles. The minimum absolute atomic E-state index is 0. The fourth-order valence-corrected chi connectivity index (χ4v) is 4.45. The SMILES string of the molecule is CCC([n+]1cccc(C)c1)[Si](OC)(OC)OC.[Cl-]. The smallest absolute Gasteiger partial charge is 0.572 e. The molecule has 0 fully saturated rings. The molecule has 0 spiro atoms. The van der Waals surface area contributed by atoms with Crippen LogP contribution in [-0.4, -0.2) is 30.1 Å². The van der Waals surface area contributed by atoms with E-state index < -0.39 is 8.80 Å². The first-order valence-corrected chi connectivity index (χ1v) is 7.56. The quantitative estimate of drug-likeness (QED) is 0.480. The summed E-state index contributed by atoms with van der Waals surface area (Å²) >= 11 is 0. The summed E-state index contributed by atoms with van der Waals surface area (Å²) in [5.74, 6) is 0. The van der Waals surface area contributed by atoms with Gasteiger partial charge in [0.2, 0.25) is 5.67 Å². The monoisotopic (exact) mass is 291 g/mol. The van der Waals surface area contributed by atoms with Crippen LogP contribution in [0.25, 0.3) is 0 Å². The number of pyridine rings is 1. The van der Waals surface area contributed by atoms with Gasteiger partial charge in [-0.15, -0.1) is 0 Å². The standard InChI is InChI=1S/C12H22NO3Si.ClH/c1-6-12(17(14-3,15-4)16-5)13-9-7-8-11(2)10-13;/h7-10,12H,6H2,1-5H3;1H/q+1;/p-1. The van der Waals surface area contributed by atoms with E-state index in [1.54, 1.807) is 21.3 Å². The highest BCUT2D eigenvalue weighted by molar-refractivity contribution is 6.60. The van der Waals surface area contributed by atoms with Crippen molar-refractivity contribution >= 4 is 8.80 Å². The maximum Gasteiger partial charge on any atom is 0.572 e. The Morgan fingerprint density at radius 2 is 1.78 bits per heavy atom. The second-order valence-electron chi connectivity index (χ2n) is 3.97. The molecule has 0 saturated carbocycles. The van der Waals surface area contributed by atoms with Crippen LogP contribution >= 0.6 is 0 Å². The molecule has 0 aliphatic rings. The van der Waals surface area contributed by atoms with Crippen LogP contribution in [0.5, 0.6) is 0 Å². The van der Waals surface area contributed by atoms with E-state index in [4.69, 9.17) is 13.3 Å². The van der Waals surface area contributed by atoms with Crippen LogP contribution in [-0.2, 0) is 13.3 Å². The molecular weight excluding hydrogens is 270 g/mol. The lowest BCUT2D eigenvalue weighted by Crippen LogP contribution is -3.00. The van der Waals surface area contributed by atoms with Gasteiger partial charge in [0, 0.05) is 39.4 Å². The van der Waals surface area contributed by atoms with Gasteiger partial charge in [0.1, 0.15) is 0 Å². The van der Waals surface area contributed by atoms with Crippen LogP contribution in [0.1, 0.15) is 24.6 Å². The van der Waals surface area contributed by atoms with E-state index in [0.29, 0.717) is 0 Å². The molecule has 104 valence electrons. The number of hydrogen-bond acceptors (Lipinski definition) is 3. The Hall–Kier alpha value is -0.463. The summed E-state index contributed by atoms with van der Waals surface area (Å²) in [5, 5.41) is 0. The Labute approximate surface area is 117 Å². The van der Waals surface area contributed by atoms with Gasteiger partial charge in [0.05, 0.1) is 0 Å². The van der Waals surface area contributed by atoms with Gasteiger partial charge in [-0.3, -0.25) is 0 Å². The van der Waals surface area contributed by atoms with Crippen molar-refractivity contribution in [1.82, 2.24) is 0 Å². The maximum atomic E-state index is 5.56. The van der Waals surface area contributed by atoms with E-state index in [0.717, 1.165) is 6.42 Å². The molecule has 1 rings (SSSR count). The van der Waals surface area contributed by atoms with Gasteiger partial charge in [0.15, 0.2) is 12.4 Å². The molecular formula is C12H22ClNO3Si. The molecule has 1 aromatic rings. The van der Waals surface area contributed by atoms with E-state index in [2.05, 4.69) is 30.7 Å². The predicted molar refractivity (Wildman–Crippen MR) is 67.5 cm³/mol. The number of halogens is 1. The molecule has 0 bridgehead atoms. The van der Waals surface area contributed by atoms with Crippen molar-refractivity contribution in [3.63, 3.8) is 0 Å². The molecule has 6 heteroatoms. The van der Waals surface area contributed by atoms with Crippen LogP contribution in [0.15, 0.2) is 24.5 Å². The molecule has 4 nitrogen and oxygen atoms in total. The summed E-state index contributed by atoms with van der Waals surface area (Å²) in [4.78, 5) is 0. The lowest BCUT2D eigenvalue weighted by atomic mass is 10.3.